The second-order valence-electron chi connectivity index (χ2n) is 2.25. The van der Waals surface area contributed by atoms with Crippen LogP contribution in [0.5, 0.6) is 0 Å². The van der Waals surface area contributed by atoms with Crippen molar-refractivity contribution >= 4 is 10.4 Å². The third-order valence-electron chi connectivity index (χ3n) is 1.47. The zero-order valence-corrected chi connectivity index (χ0v) is 6.56. The van der Waals surface area contributed by atoms with E-state index in [4.69, 9.17) is 0 Å². The molecule has 1 fully saturated rings. The lowest BCUT2D eigenvalue weighted by Crippen LogP contribution is -2.27. The molecule has 0 aliphatic carbocycles. The Morgan fingerprint density at radius 2 is 1.90 bits per heavy atom. The highest BCUT2D eigenvalue weighted by Crippen LogP contribution is 2.14. The summed E-state index contributed by atoms with van der Waals surface area (Å²) >= 11 is 0. The van der Waals surface area contributed by atoms with Crippen molar-refractivity contribution in [3.05, 3.63) is 0 Å². The smallest absolute Gasteiger partial charge is 0.248 e. The summed E-state index contributed by atoms with van der Waals surface area (Å²) in [6, 6.07) is 0. The molecular weight excluding hydrogens is 156 g/mol. The second kappa shape index (κ2) is 2.86. The molecule has 0 aromatic heterocycles. The summed E-state index contributed by atoms with van der Waals surface area (Å²) in [4.78, 5) is 0. The Bertz CT molecular complexity index is 182. The van der Waals surface area contributed by atoms with E-state index in [-0.39, 0.29) is 19.1 Å². The van der Waals surface area contributed by atoms with Crippen LogP contribution in [0.15, 0.2) is 0 Å². The molecule has 0 spiro atoms. The molecule has 0 amide bonds. The molecule has 1 saturated heterocycles. The van der Waals surface area contributed by atoms with Crippen molar-refractivity contribution in [2.75, 3.05) is 13.2 Å². The summed E-state index contributed by atoms with van der Waals surface area (Å²) in [5.74, 6) is 0.225. The quantitative estimate of drug-likeness (QED) is 0.562. The molecule has 0 aromatic rings. The zero-order valence-electron chi connectivity index (χ0n) is 5.74. The normalized spacial score (nSPS) is 26.5. The molecule has 1 heterocycles. The minimum absolute atomic E-state index is 0.225. The van der Waals surface area contributed by atoms with Crippen molar-refractivity contribution < 1.29 is 16.8 Å². The van der Waals surface area contributed by atoms with Crippen molar-refractivity contribution in [2.24, 2.45) is 5.92 Å². The predicted molar refractivity (Wildman–Crippen MR) is 34.6 cm³/mol. The Morgan fingerprint density at radius 1 is 1.40 bits per heavy atom. The van der Waals surface area contributed by atoms with Gasteiger partial charge in [-0.2, -0.15) is 8.42 Å². The van der Waals surface area contributed by atoms with Crippen LogP contribution in [0.2, 0.25) is 0 Å². The number of rotatable bonds is 1. The van der Waals surface area contributed by atoms with Crippen molar-refractivity contribution in [1.82, 2.24) is 0 Å². The fraction of sp³-hybridized carbons (Fsp3) is 1.00. The minimum Gasteiger partial charge on any atom is -0.248 e. The van der Waals surface area contributed by atoms with Crippen molar-refractivity contribution in [3.8, 4) is 0 Å². The van der Waals surface area contributed by atoms with Crippen LogP contribution in [0.4, 0.5) is 0 Å². The van der Waals surface area contributed by atoms with E-state index in [1.54, 1.807) is 0 Å². The molecule has 5 heteroatoms. The first-order valence-corrected chi connectivity index (χ1v) is 4.51. The topological polar surface area (TPSA) is 52.6 Å². The molecule has 0 unspecified atom stereocenters. The highest BCUT2D eigenvalue weighted by molar-refractivity contribution is 7.81. The molecule has 0 radical (unpaired) electrons. The fourth-order valence-electron chi connectivity index (χ4n) is 0.677. The van der Waals surface area contributed by atoms with Gasteiger partial charge in [0.05, 0.1) is 13.2 Å². The Labute approximate surface area is 60.5 Å². The van der Waals surface area contributed by atoms with Gasteiger partial charge in [-0.3, -0.25) is 0 Å². The van der Waals surface area contributed by atoms with Gasteiger partial charge >= 0.3 is 10.4 Å². The van der Waals surface area contributed by atoms with Crippen molar-refractivity contribution in [3.63, 3.8) is 0 Å². The van der Waals surface area contributed by atoms with Crippen molar-refractivity contribution in [1.29, 1.82) is 0 Å². The molecule has 0 N–H and O–H groups in total. The van der Waals surface area contributed by atoms with E-state index in [1.165, 1.54) is 0 Å². The summed E-state index contributed by atoms with van der Waals surface area (Å²) in [5, 5.41) is 0. The predicted octanol–water partition coefficient (Wildman–Crippen LogP) is 0.304. The van der Waals surface area contributed by atoms with Crippen molar-refractivity contribution in [2.45, 2.75) is 13.3 Å². The molecule has 0 bridgehead atoms. The fourth-order valence-corrected chi connectivity index (χ4v) is 1.46. The van der Waals surface area contributed by atoms with Gasteiger partial charge in [-0.15, -0.1) is 0 Å². The first kappa shape index (κ1) is 7.97. The third-order valence-corrected chi connectivity index (χ3v) is 2.32. The van der Waals surface area contributed by atoms with Gasteiger partial charge in [0.1, 0.15) is 0 Å². The van der Waals surface area contributed by atoms with Gasteiger partial charge in [0, 0.05) is 5.92 Å². The molecule has 10 heavy (non-hydrogen) atoms. The van der Waals surface area contributed by atoms with Crippen LogP contribution in [-0.4, -0.2) is 21.6 Å². The lowest BCUT2D eigenvalue weighted by molar-refractivity contribution is 0.101. The van der Waals surface area contributed by atoms with Gasteiger partial charge in [0.25, 0.3) is 0 Å². The lowest BCUT2D eigenvalue weighted by Gasteiger charge is -2.19. The van der Waals surface area contributed by atoms with Crippen LogP contribution in [-0.2, 0) is 18.8 Å². The van der Waals surface area contributed by atoms with Gasteiger partial charge in [-0.05, 0) is 6.42 Å². The highest BCUT2D eigenvalue weighted by atomic mass is 32.3. The van der Waals surface area contributed by atoms with Gasteiger partial charge in [0.2, 0.25) is 0 Å². The maximum absolute atomic E-state index is 10.5. The van der Waals surface area contributed by atoms with Crippen LogP contribution in [0.1, 0.15) is 13.3 Å². The standard InChI is InChI=1S/C5H10O4S/c1-2-5-3-8-10(6,7)9-4-5/h5H,2-4H2,1H3. The van der Waals surface area contributed by atoms with Crippen LogP contribution in [0, 0.1) is 5.92 Å². The van der Waals surface area contributed by atoms with E-state index in [0.29, 0.717) is 0 Å². The average Bonchev–Trinajstić information content (AvgIpc) is 1.88. The Kier molecular flexibility index (Phi) is 2.28. The maximum Gasteiger partial charge on any atom is 0.399 e. The molecular formula is C5H10O4S. The molecule has 0 saturated carbocycles. The molecule has 0 atom stereocenters. The zero-order chi connectivity index (χ0) is 7.61. The van der Waals surface area contributed by atoms with Gasteiger partial charge in [-0.25, -0.2) is 8.37 Å². The first-order chi connectivity index (χ1) is 4.64. The molecule has 60 valence electrons. The molecule has 0 aromatic carbocycles. The van der Waals surface area contributed by atoms with Gasteiger partial charge < -0.3 is 0 Å². The average molecular weight is 166 g/mol. The van der Waals surface area contributed by atoms with E-state index in [9.17, 15) is 8.42 Å². The number of hydrogen-bond acceptors (Lipinski definition) is 4. The van der Waals surface area contributed by atoms with Crippen LogP contribution >= 0.6 is 0 Å². The second-order valence-corrected chi connectivity index (χ2v) is 3.54. The molecule has 4 nitrogen and oxygen atoms in total. The molecule has 1 aliphatic rings. The lowest BCUT2D eigenvalue weighted by atomic mass is 10.1. The molecule has 1 rings (SSSR count). The number of hydrogen-bond donors (Lipinski definition) is 0. The maximum atomic E-state index is 10.5. The SMILES string of the molecule is CCC1COS(=O)(=O)OC1. The summed E-state index contributed by atoms with van der Waals surface area (Å²) in [6.07, 6.45) is 0.884. The molecule has 1 aliphatic heterocycles. The largest absolute Gasteiger partial charge is 0.399 e. The van der Waals surface area contributed by atoms with Gasteiger partial charge in [0.15, 0.2) is 0 Å². The van der Waals surface area contributed by atoms with Crippen LogP contribution in [0.3, 0.4) is 0 Å². The summed E-state index contributed by atoms with van der Waals surface area (Å²) in [5.41, 5.74) is 0. The van der Waals surface area contributed by atoms with Crippen LogP contribution < -0.4 is 0 Å². The summed E-state index contributed by atoms with van der Waals surface area (Å²) in [7, 11) is -3.63. The third kappa shape index (κ3) is 1.93. The first-order valence-electron chi connectivity index (χ1n) is 3.18. The Morgan fingerprint density at radius 3 is 2.30 bits per heavy atom. The van der Waals surface area contributed by atoms with E-state index >= 15 is 0 Å². The summed E-state index contributed by atoms with van der Waals surface area (Å²) < 4.78 is 29.8. The van der Waals surface area contributed by atoms with E-state index in [0.717, 1.165) is 6.42 Å². The Balaban J connectivity index is 2.46. The van der Waals surface area contributed by atoms with E-state index < -0.39 is 10.4 Å². The van der Waals surface area contributed by atoms with E-state index in [2.05, 4.69) is 8.37 Å². The minimum atomic E-state index is -3.63. The summed E-state index contributed by atoms with van der Waals surface area (Å²) in [6.45, 7) is 2.49. The van der Waals surface area contributed by atoms with Gasteiger partial charge in [-0.1, -0.05) is 6.92 Å². The van der Waals surface area contributed by atoms with E-state index in [1.807, 2.05) is 6.92 Å². The Hall–Kier alpha value is -0.130. The highest BCUT2D eigenvalue weighted by Gasteiger charge is 2.23. The monoisotopic (exact) mass is 166 g/mol. The van der Waals surface area contributed by atoms with Crippen LogP contribution in [0.25, 0.3) is 0 Å².